The van der Waals surface area contributed by atoms with Crippen LogP contribution in [0.3, 0.4) is 0 Å². The number of unbranched alkanes of at least 4 members (excludes halogenated alkanes) is 3. The fourth-order valence-electron chi connectivity index (χ4n) is 3.10. The third kappa shape index (κ3) is 9.68. The Balaban J connectivity index is 2.22. The van der Waals surface area contributed by atoms with Crippen LogP contribution in [0.4, 0.5) is 0 Å². The molecule has 1 rings (SSSR count). The van der Waals surface area contributed by atoms with Crippen molar-refractivity contribution in [1.29, 1.82) is 0 Å². The summed E-state index contributed by atoms with van der Waals surface area (Å²) in [6.07, 6.45) is 7.01. The molecule has 1 saturated heterocycles. The molecule has 6 nitrogen and oxygen atoms in total. The molecule has 0 spiro atoms. The van der Waals surface area contributed by atoms with Crippen LogP contribution in [0.5, 0.6) is 0 Å². The lowest BCUT2D eigenvalue weighted by Crippen LogP contribution is -2.49. The van der Waals surface area contributed by atoms with Gasteiger partial charge >= 0.3 is 5.97 Å². The number of methoxy groups -OCH3 is 1. The molecule has 25 heavy (non-hydrogen) atoms. The van der Waals surface area contributed by atoms with E-state index in [-0.39, 0.29) is 5.97 Å². The van der Waals surface area contributed by atoms with Crippen molar-refractivity contribution in [3.63, 3.8) is 0 Å². The van der Waals surface area contributed by atoms with Gasteiger partial charge in [-0.05, 0) is 46.5 Å². The second kappa shape index (κ2) is 13.0. The highest BCUT2D eigenvalue weighted by atomic mass is 16.5. The molecule has 1 fully saturated rings. The number of rotatable bonds is 10. The minimum Gasteiger partial charge on any atom is -0.469 e. The average Bonchev–Trinajstić information content (AvgIpc) is 2.61. The molecule has 0 amide bonds. The molecule has 6 heteroatoms. The number of carbonyl (C=O) groups is 1. The van der Waals surface area contributed by atoms with Crippen molar-refractivity contribution in [3.05, 3.63) is 0 Å². The van der Waals surface area contributed by atoms with Crippen molar-refractivity contribution < 1.29 is 9.53 Å². The van der Waals surface area contributed by atoms with Crippen molar-refractivity contribution in [1.82, 2.24) is 15.5 Å². The van der Waals surface area contributed by atoms with Gasteiger partial charge in [-0.1, -0.05) is 12.8 Å². The molecule has 1 aliphatic heterocycles. The molecule has 146 valence electrons. The maximum atomic E-state index is 11.0. The molecule has 1 heterocycles. The van der Waals surface area contributed by atoms with E-state index >= 15 is 0 Å². The quantitative estimate of drug-likeness (QED) is 0.273. The second-order valence-corrected chi connectivity index (χ2v) is 7.05. The molecular weight excluding hydrogens is 316 g/mol. The first-order chi connectivity index (χ1) is 12.1. The Hall–Kier alpha value is -1.30. The third-order valence-electron chi connectivity index (χ3n) is 4.73. The zero-order chi connectivity index (χ0) is 18.5. The van der Waals surface area contributed by atoms with Crippen molar-refractivity contribution in [2.45, 2.75) is 77.8 Å². The van der Waals surface area contributed by atoms with Crippen LogP contribution in [0.1, 0.15) is 65.7 Å². The molecule has 0 unspecified atom stereocenters. The van der Waals surface area contributed by atoms with Gasteiger partial charge in [-0.25, -0.2) is 0 Å². The second-order valence-electron chi connectivity index (χ2n) is 7.05. The number of likely N-dealkylation sites (tertiary alicyclic amines) is 1. The summed E-state index contributed by atoms with van der Waals surface area (Å²) in [6.45, 7) is 10.7. The van der Waals surface area contributed by atoms with Crippen molar-refractivity contribution in [2.24, 2.45) is 4.99 Å². The summed E-state index contributed by atoms with van der Waals surface area (Å²) < 4.78 is 4.65. The number of esters is 1. The summed E-state index contributed by atoms with van der Waals surface area (Å²) in [4.78, 5) is 18.3. The molecule has 0 bridgehead atoms. The van der Waals surface area contributed by atoms with Gasteiger partial charge in [0.05, 0.1) is 7.11 Å². The predicted molar refractivity (Wildman–Crippen MR) is 104 cm³/mol. The topological polar surface area (TPSA) is 66.0 Å². The summed E-state index contributed by atoms with van der Waals surface area (Å²) in [5, 5.41) is 6.94. The van der Waals surface area contributed by atoms with Crippen molar-refractivity contribution >= 4 is 11.9 Å². The molecular formula is C19H38N4O2. The summed E-state index contributed by atoms with van der Waals surface area (Å²) in [7, 11) is 1.44. The number of guanidine groups is 1. The molecule has 0 aromatic heterocycles. The van der Waals surface area contributed by atoms with E-state index in [1.54, 1.807) is 0 Å². The molecule has 0 aromatic carbocycles. The molecule has 0 aromatic rings. The van der Waals surface area contributed by atoms with Gasteiger partial charge in [-0.3, -0.25) is 9.79 Å². The van der Waals surface area contributed by atoms with Gasteiger partial charge in [0, 0.05) is 44.7 Å². The lowest BCUT2D eigenvalue weighted by atomic mass is 10.0. The van der Waals surface area contributed by atoms with Gasteiger partial charge in [0.1, 0.15) is 0 Å². The van der Waals surface area contributed by atoms with E-state index in [0.717, 1.165) is 57.8 Å². The Labute approximate surface area is 153 Å². The van der Waals surface area contributed by atoms with Crippen molar-refractivity contribution in [3.8, 4) is 0 Å². The van der Waals surface area contributed by atoms with E-state index < -0.39 is 0 Å². The van der Waals surface area contributed by atoms with E-state index in [0.29, 0.717) is 18.5 Å². The SMILES string of the molecule is CCNC(=NCCCCCCC(=O)OC)NC1CCN(C(C)C)CC1. The first-order valence-electron chi connectivity index (χ1n) is 9.92. The number of hydrogen-bond acceptors (Lipinski definition) is 4. The van der Waals surface area contributed by atoms with Crippen LogP contribution >= 0.6 is 0 Å². The van der Waals surface area contributed by atoms with Crippen LogP contribution in [-0.4, -0.2) is 62.2 Å². The van der Waals surface area contributed by atoms with Crippen LogP contribution in [-0.2, 0) is 9.53 Å². The number of nitrogens with one attached hydrogen (secondary N) is 2. The fraction of sp³-hybridized carbons (Fsp3) is 0.895. The van der Waals surface area contributed by atoms with E-state index in [4.69, 9.17) is 4.99 Å². The number of carbonyl (C=O) groups excluding carboxylic acids is 1. The van der Waals surface area contributed by atoms with Crippen LogP contribution in [0.15, 0.2) is 4.99 Å². The highest BCUT2D eigenvalue weighted by Crippen LogP contribution is 2.12. The van der Waals surface area contributed by atoms with Crippen molar-refractivity contribution in [2.75, 3.05) is 33.3 Å². The Bertz CT molecular complexity index is 391. The van der Waals surface area contributed by atoms with Gasteiger partial charge in [-0.15, -0.1) is 0 Å². The average molecular weight is 355 g/mol. The third-order valence-corrected chi connectivity index (χ3v) is 4.73. The monoisotopic (exact) mass is 354 g/mol. The lowest BCUT2D eigenvalue weighted by Gasteiger charge is -2.35. The van der Waals surface area contributed by atoms with Gasteiger partial charge < -0.3 is 20.3 Å². The smallest absolute Gasteiger partial charge is 0.305 e. The molecule has 0 aliphatic carbocycles. The highest BCUT2D eigenvalue weighted by molar-refractivity contribution is 5.80. The Morgan fingerprint density at radius 2 is 1.88 bits per heavy atom. The van der Waals surface area contributed by atoms with Crippen LogP contribution in [0.25, 0.3) is 0 Å². The summed E-state index contributed by atoms with van der Waals surface area (Å²) >= 11 is 0. The maximum absolute atomic E-state index is 11.0. The van der Waals surface area contributed by atoms with Gasteiger partial charge in [0.2, 0.25) is 0 Å². The van der Waals surface area contributed by atoms with Gasteiger partial charge in [0.15, 0.2) is 5.96 Å². The van der Waals surface area contributed by atoms with E-state index in [2.05, 4.69) is 41.0 Å². The zero-order valence-corrected chi connectivity index (χ0v) is 16.6. The van der Waals surface area contributed by atoms with Gasteiger partial charge in [0.25, 0.3) is 0 Å². The zero-order valence-electron chi connectivity index (χ0n) is 16.6. The van der Waals surface area contributed by atoms with E-state index in [1.165, 1.54) is 20.0 Å². The molecule has 2 N–H and O–H groups in total. The lowest BCUT2D eigenvalue weighted by molar-refractivity contribution is -0.140. The van der Waals surface area contributed by atoms with Gasteiger partial charge in [-0.2, -0.15) is 0 Å². The van der Waals surface area contributed by atoms with Crippen LogP contribution in [0, 0.1) is 0 Å². The molecule has 0 saturated carbocycles. The molecule has 1 aliphatic rings. The minimum atomic E-state index is -0.111. The Morgan fingerprint density at radius 3 is 2.48 bits per heavy atom. The first-order valence-corrected chi connectivity index (χ1v) is 9.92. The number of nitrogens with zero attached hydrogens (tertiary/aromatic N) is 2. The predicted octanol–water partition coefficient (Wildman–Crippen LogP) is 2.54. The summed E-state index contributed by atoms with van der Waals surface area (Å²) in [5.74, 6) is 0.834. The van der Waals surface area contributed by atoms with Crippen LogP contribution in [0.2, 0.25) is 0 Å². The Morgan fingerprint density at radius 1 is 1.20 bits per heavy atom. The fourth-order valence-corrected chi connectivity index (χ4v) is 3.10. The normalized spacial score (nSPS) is 16.9. The van der Waals surface area contributed by atoms with Crippen LogP contribution < -0.4 is 10.6 Å². The summed E-state index contributed by atoms with van der Waals surface area (Å²) in [6, 6.07) is 1.16. The number of ether oxygens (including phenoxy) is 1. The Kier molecular flexibility index (Phi) is 11.3. The summed E-state index contributed by atoms with van der Waals surface area (Å²) in [5.41, 5.74) is 0. The largest absolute Gasteiger partial charge is 0.469 e. The van der Waals surface area contributed by atoms with E-state index in [1.807, 2.05) is 0 Å². The standard InChI is InChI=1S/C19H38N4O2/c1-5-20-19(21-13-9-7-6-8-10-18(24)25-4)22-17-11-14-23(15-12-17)16(2)3/h16-17H,5-15H2,1-4H3,(H2,20,21,22). The highest BCUT2D eigenvalue weighted by Gasteiger charge is 2.21. The molecule has 0 atom stereocenters. The molecule has 0 radical (unpaired) electrons. The number of piperidine rings is 1. The number of hydrogen-bond donors (Lipinski definition) is 2. The first kappa shape index (κ1) is 21.7. The maximum Gasteiger partial charge on any atom is 0.305 e. The number of aliphatic imine (C=N–C) groups is 1. The van der Waals surface area contributed by atoms with E-state index in [9.17, 15) is 4.79 Å². The minimum absolute atomic E-state index is 0.111.